The van der Waals surface area contributed by atoms with E-state index in [1.807, 2.05) is 0 Å². The van der Waals surface area contributed by atoms with Gasteiger partial charge in [-0.05, 0) is 31.3 Å². The molecule has 0 aromatic heterocycles. The van der Waals surface area contributed by atoms with E-state index in [2.05, 4.69) is 29.0 Å². The highest BCUT2D eigenvalue weighted by atomic mass is 15.3. The van der Waals surface area contributed by atoms with Gasteiger partial charge in [-0.1, -0.05) is 39.5 Å². The minimum absolute atomic E-state index is 0.556. The minimum Gasteiger partial charge on any atom is -0.316 e. The van der Waals surface area contributed by atoms with Gasteiger partial charge in [0, 0.05) is 39.3 Å². The first kappa shape index (κ1) is 16.3. The monoisotopic (exact) mass is 281 g/mol. The molecule has 1 saturated heterocycles. The lowest BCUT2D eigenvalue weighted by atomic mass is 9.79. The van der Waals surface area contributed by atoms with E-state index in [4.69, 9.17) is 0 Å². The summed E-state index contributed by atoms with van der Waals surface area (Å²) < 4.78 is 0. The van der Waals surface area contributed by atoms with E-state index in [1.54, 1.807) is 0 Å². The summed E-state index contributed by atoms with van der Waals surface area (Å²) in [6.45, 7) is 14.5. The zero-order chi connectivity index (χ0) is 14.3. The molecule has 3 heteroatoms. The highest BCUT2D eigenvalue weighted by Crippen LogP contribution is 2.35. The maximum absolute atomic E-state index is 3.66. The number of hydrogen-bond donors (Lipinski definition) is 1. The van der Waals surface area contributed by atoms with Gasteiger partial charge in [0.2, 0.25) is 0 Å². The van der Waals surface area contributed by atoms with Crippen LogP contribution in [0.15, 0.2) is 0 Å². The van der Waals surface area contributed by atoms with Crippen molar-refractivity contribution in [2.24, 2.45) is 5.41 Å². The van der Waals surface area contributed by atoms with Crippen LogP contribution in [-0.2, 0) is 0 Å². The molecule has 118 valence electrons. The van der Waals surface area contributed by atoms with Gasteiger partial charge in [-0.3, -0.25) is 0 Å². The Morgan fingerprint density at radius 1 is 0.850 bits per heavy atom. The van der Waals surface area contributed by atoms with Crippen molar-refractivity contribution >= 4 is 0 Å². The number of likely N-dealkylation sites (N-methyl/N-ethyl adjacent to an activating group) is 1. The van der Waals surface area contributed by atoms with Gasteiger partial charge in [0.25, 0.3) is 0 Å². The predicted molar refractivity (Wildman–Crippen MR) is 87.2 cm³/mol. The molecule has 0 aromatic carbocycles. The fraction of sp³-hybridized carbons (Fsp3) is 1.00. The lowest BCUT2D eigenvalue weighted by molar-refractivity contribution is 0.0769. The van der Waals surface area contributed by atoms with E-state index < -0.39 is 0 Å². The second-order valence-electron chi connectivity index (χ2n) is 6.90. The smallest absolute Gasteiger partial charge is 0.0110 e. The number of nitrogens with zero attached hydrogens (tertiary/aromatic N) is 2. The van der Waals surface area contributed by atoms with Gasteiger partial charge in [0.15, 0.2) is 0 Å². The van der Waals surface area contributed by atoms with Crippen LogP contribution in [0, 0.1) is 5.41 Å². The summed E-state index contributed by atoms with van der Waals surface area (Å²) in [6.07, 6.45) is 8.68. The van der Waals surface area contributed by atoms with Crippen molar-refractivity contribution in [3.63, 3.8) is 0 Å². The van der Waals surface area contributed by atoms with Crippen LogP contribution < -0.4 is 5.32 Å². The largest absolute Gasteiger partial charge is 0.316 e. The molecule has 2 fully saturated rings. The van der Waals surface area contributed by atoms with Crippen molar-refractivity contribution in [2.45, 2.75) is 52.4 Å². The van der Waals surface area contributed by atoms with Gasteiger partial charge in [0.05, 0.1) is 0 Å². The normalized spacial score (nSPS) is 25.5. The first-order valence-electron chi connectivity index (χ1n) is 8.93. The SMILES string of the molecule is CCNCC1(CN2CCN(CC)CC2)CCCCCC1. The van der Waals surface area contributed by atoms with Gasteiger partial charge < -0.3 is 15.1 Å². The van der Waals surface area contributed by atoms with E-state index in [0.29, 0.717) is 5.41 Å². The Bertz CT molecular complexity index is 251. The quantitative estimate of drug-likeness (QED) is 0.755. The van der Waals surface area contributed by atoms with Crippen LogP contribution >= 0.6 is 0 Å². The summed E-state index contributed by atoms with van der Waals surface area (Å²) in [5.74, 6) is 0. The average molecular weight is 281 g/mol. The number of rotatable bonds is 6. The molecule has 0 unspecified atom stereocenters. The molecule has 2 rings (SSSR count). The Kier molecular flexibility index (Phi) is 6.79. The van der Waals surface area contributed by atoms with Crippen LogP contribution in [-0.4, -0.2) is 62.2 Å². The molecule has 1 saturated carbocycles. The van der Waals surface area contributed by atoms with E-state index >= 15 is 0 Å². The molecule has 0 aromatic rings. The molecule has 20 heavy (non-hydrogen) atoms. The standard InChI is InChI=1S/C17H35N3/c1-3-18-15-17(9-7-5-6-8-10-17)16-20-13-11-19(4-2)12-14-20/h18H,3-16H2,1-2H3. The Labute approximate surface area is 126 Å². The third-order valence-electron chi connectivity index (χ3n) is 5.39. The predicted octanol–water partition coefficient (Wildman–Crippen LogP) is 2.57. The first-order valence-corrected chi connectivity index (χ1v) is 8.93. The maximum Gasteiger partial charge on any atom is 0.0110 e. The van der Waals surface area contributed by atoms with E-state index in [9.17, 15) is 0 Å². The average Bonchev–Trinajstić information content (AvgIpc) is 2.72. The highest BCUT2D eigenvalue weighted by Gasteiger charge is 2.33. The highest BCUT2D eigenvalue weighted by molar-refractivity contribution is 4.88. The maximum atomic E-state index is 3.66. The van der Waals surface area contributed by atoms with Gasteiger partial charge in [-0.15, -0.1) is 0 Å². The van der Waals surface area contributed by atoms with Crippen LogP contribution in [0.25, 0.3) is 0 Å². The van der Waals surface area contributed by atoms with Gasteiger partial charge in [-0.2, -0.15) is 0 Å². The van der Waals surface area contributed by atoms with Crippen LogP contribution in [0.4, 0.5) is 0 Å². The van der Waals surface area contributed by atoms with Gasteiger partial charge in [-0.25, -0.2) is 0 Å². The molecule has 3 nitrogen and oxygen atoms in total. The third kappa shape index (κ3) is 4.71. The molecule has 1 heterocycles. The summed E-state index contributed by atoms with van der Waals surface area (Å²) in [5, 5.41) is 3.66. The molecule has 2 aliphatic rings. The minimum atomic E-state index is 0.556. The molecule has 1 aliphatic carbocycles. The fourth-order valence-electron chi connectivity index (χ4n) is 4.00. The first-order chi connectivity index (χ1) is 9.78. The van der Waals surface area contributed by atoms with Gasteiger partial charge in [0.1, 0.15) is 0 Å². The molecule has 0 amide bonds. The zero-order valence-corrected chi connectivity index (χ0v) is 13.8. The summed E-state index contributed by atoms with van der Waals surface area (Å²) >= 11 is 0. The summed E-state index contributed by atoms with van der Waals surface area (Å²) in [5.41, 5.74) is 0.556. The van der Waals surface area contributed by atoms with Crippen molar-refractivity contribution in [1.82, 2.24) is 15.1 Å². The van der Waals surface area contributed by atoms with Crippen molar-refractivity contribution in [3.05, 3.63) is 0 Å². The second-order valence-corrected chi connectivity index (χ2v) is 6.90. The van der Waals surface area contributed by atoms with Crippen molar-refractivity contribution in [3.8, 4) is 0 Å². The van der Waals surface area contributed by atoms with E-state index in [-0.39, 0.29) is 0 Å². The topological polar surface area (TPSA) is 18.5 Å². The molecule has 0 bridgehead atoms. The van der Waals surface area contributed by atoms with Crippen molar-refractivity contribution < 1.29 is 0 Å². The van der Waals surface area contributed by atoms with Crippen LogP contribution in [0.1, 0.15) is 52.4 Å². The number of hydrogen-bond acceptors (Lipinski definition) is 3. The van der Waals surface area contributed by atoms with Crippen LogP contribution in [0.3, 0.4) is 0 Å². The Morgan fingerprint density at radius 2 is 1.45 bits per heavy atom. The van der Waals surface area contributed by atoms with Gasteiger partial charge >= 0.3 is 0 Å². The Hall–Kier alpha value is -0.120. The van der Waals surface area contributed by atoms with E-state index in [0.717, 1.165) is 6.54 Å². The molecule has 1 N–H and O–H groups in total. The molecular formula is C17H35N3. The zero-order valence-electron chi connectivity index (χ0n) is 13.8. The van der Waals surface area contributed by atoms with Crippen molar-refractivity contribution in [2.75, 3.05) is 52.4 Å². The lowest BCUT2D eigenvalue weighted by Gasteiger charge is -2.42. The summed E-state index contributed by atoms with van der Waals surface area (Å²) in [4.78, 5) is 5.33. The van der Waals surface area contributed by atoms with Crippen LogP contribution in [0.5, 0.6) is 0 Å². The second kappa shape index (κ2) is 8.35. The van der Waals surface area contributed by atoms with E-state index in [1.165, 1.54) is 84.3 Å². The molecule has 0 spiro atoms. The van der Waals surface area contributed by atoms with Crippen LogP contribution in [0.2, 0.25) is 0 Å². The molecule has 1 aliphatic heterocycles. The number of piperazine rings is 1. The summed E-state index contributed by atoms with van der Waals surface area (Å²) in [7, 11) is 0. The lowest BCUT2D eigenvalue weighted by Crippen LogP contribution is -2.51. The van der Waals surface area contributed by atoms with Crippen molar-refractivity contribution in [1.29, 1.82) is 0 Å². The molecular weight excluding hydrogens is 246 g/mol. The summed E-state index contributed by atoms with van der Waals surface area (Å²) in [6, 6.07) is 0. The Morgan fingerprint density at radius 3 is 2.00 bits per heavy atom. The Balaban J connectivity index is 1.89. The fourth-order valence-corrected chi connectivity index (χ4v) is 4.00. The molecule has 0 atom stereocenters. The number of nitrogens with one attached hydrogen (secondary N) is 1. The molecule has 0 radical (unpaired) electrons. The third-order valence-corrected chi connectivity index (χ3v) is 5.39.